The summed E-state index contributed by atoms with van der Waals surface area (Å²) in [6.45, 7) is 9.29. The van der Waals surface area contributed by atoms with Gasteiger partial charge in [-0.1, -0.05) is 30.3 Å². The summed E-state index contributed by atoms with van der Waals surface area (Å²) in [5.74, 6) is 1.04. The Morgan fingerprint density at radius 3 is 2.52 bits per heavy atom. The molecule has 0 radical (unpaired) electrons. The van der Waals surface area contributed by atoms with Crippen molar-refractivity contribution in [3.8, 4) is 0 Å². The molecule has 162 valence electrons. The second kappa shape index (κ2) is 8.90. The fraction of sp³-hybridized carbons (Fsp3) is 0.435. The number of aryl methyl sites for hydroxylation is 1. The Morgan fingerprint density at radius 2 is 1.77 bits per heavy atom. The zero-order valence-corrected chi connectivity index (χ0v) is 18.6. The topological polar surface area (TPSA) is 61.8 Å². The fourth-order valence-electron chi connectivity index (χ4n) is 4.37. The molecule has 2 aliphatic heterocycles. The van der Waals surface area contributed by atoms with Crippen molar-refractivity contribution in [3.05, 3.63) is 52.7 Å². The van der Waals surface area contributed by atoms with Crippen molar-refractivity contribution >= 4 is 33.3 Å². The minimum Gasteiger partial charge on any atom is -0.378 e. The van der Waals surface area contributed by atoms with Crippen molar-refractivity contribution in [2.75, 3.05) is 57.4 Å². The van der Waals surface area contributed by atoms with Crippen LogP contribution in [0.2, 0.25) is 0 Å². The maximum absolute atomic E-state index is 13.4. The highest BCUT2D eigenvalue weighted by Crippen LogP contribution is 2.35. The highest BCUT2D eigenvalue weighted by molar-refractivity contribution is 7.20. The van der Waals surface area contributed by atoms with Gasteiger partial charge in [0.05, 0.1) is 23.5 Å². The summed E-state index contributed by atoms with van der Waals surface area (Å²) in [7, 11) is 0. The summed E-state index contributed by atoms with van der Waals surface area (Å²) in [5.41, 5.74) is 2.32. The lowest BCUT2D eigenvalue weighted by molar-refractivity contribution is 0.0632. The van der Waals surface area contributed by atoms with E-state index < -0.39 is 0 Å². The Balaban J connectivity index is 1.32. The molecule has 3 aromatic rings. The molecule has 7 nitrogen and oxygen atoms in total. The minimum atomic E-state index is 0.118. The van der Waals surface area contributed by atoms with E-state index in [1.54, 1.807) is 6.33 Å². The van der Waals surface area contributed by atoms with Crippen LogP contribution in [0.4, 0.5) is 5.82 Å². The number of fused-ring (bicyclic) bond motifs is 1. The number of aromatic nitrogens is 2. The van der Waals surface area contributed by atoms with Gasteiger partial charge in [0.2, 0.25) is 0 Å². The molecular weight excluding hydrogens is 410 g/mol. The smallest absolute Gasteiger partial charge is 0.264 e. The Kier molecular flexibility index (Phi) is 5.85. The van der Waals surface area contributed by atoms with Crippen molar-refractivity contribution < 1.29 is 9.53 Å². The van der Waals surface area contributed by atoms with Crippen LogP contribution < -0.4 is 4.90 Å². The lowest BCUT2D eigenvalue weighted by Crippen LogP contribution is -2.48. The molecule has 31 heavy (non-hydrogen) atoms. The zero-order valence-electron chi connectivity index (χ0n) is 17.8. The monoisotopic (exact) mass is 437 g/mol. The van der Waals surface area contributed by atoms with E-state index in [0.29, 0.717) is 13.2 Å². The molecule has 8 heteroatoms. The maximum Gasteiger partial charge on any atom is 0.264 e. The molecular formula is C23H27N5O2S. The molecule has 2 aliphatic rings. The van der Waals surface area contributed by atoms with Gasteiger partial charge >= 0.3 is 0 Å². The number of morpholine rings is 1. The van der Waals surface area contributed by atoms with Gasteiger partial charge in [-0.15, -0.1) is 11.3 Å². The summed E-state index contributed by atoms with van der Waals surface area (Å²) in [5, 5.41) is 1.01. The van der Waals surface area contributed by atoms with E-state index in [4.69, 9.17) is 4.74 Å². The lowest BCUT2D eigenvalue weighted by atomic mass is 10.1. The van der Waals surface area contributed by atoms with Gasteiger partial charge < -0.3 is 14.5 Å². The van der Waals surface area contributed by atoms with Gasteiger partial charge in [0.15, 0.2) is 0 Å². The minimum absolute atomic E-state index is 0.118. The third-order valence-electron chi connectivity index (χ3n) is 6.12. The summed E-state index contributed by atoms with van der Waals surface area (Å²) in [6, 6.07) is 10.5. The summed E-state index contributed by atoms with van der Waals surface area (Å²) < 4.78 is 5.49. The molecule has 5 rings (SSSR count). The molecule has 1 amide bonds. The quantitative estimate of drug-likeness (QED) is 0.626. The van der Waals surface area contributed by atoms with Crippen LogP contribution in [0, 0.1) is 6.92 Å². The number of thiophene rings is 1. The van der Waals surface area contributed by atoms with Crippen LogP contribution in [0.1, 0.15) is 20.8 Å². The van der Waals surface area contributed by atoms with E-state index in [9.17, 15) is 4.79 Å². The Morgan fingerprint density at radius 1 is 1.03 bits per heavy atom. The number of carbonyl (C=O) groups is 1. The van der Waals surface area contributed by atoms with Crippen LogP contribution in [-0.2, 0) is 11.3 Å². The molecule has 2 aromatic heterocycles. The van der Waals surface area contributed by atoms with E-state index in [-0.39, 0.29) is 5.91 Å². The van der Waals surface area contributed by atoms with Crippen LogP contribution in [0.15, 0.2) is 36.7 Å². The average Bonchev–Trinajstić information content (AvgIpc) is 3.17. The molecule has 0 atom stereocenters. The predicted molar refractivity (Wildman–Crippen MR) is 123 cm³/mol. The number of anilines is 1. The first-order valence-electron chi connectivity index (χ1n) is 10.8. The van der Waals surface area contributed by atoms with Crippen molar-refractivity contribution in [1.29, 1.82) is 0 Å². The molecule has 2 saturated heterocycles. The third kappa shape index (κ3) is 4.15. The summed E-state index contributed by atoms with van der Waals surface area (Å²) >= 11 is 1.49. The van der Waals surface area contributed by atoms with Crippen LogP contribution >= 0.6 is 11.3 Å². The van der Waals surface area contributed by atoms with Crippen LogP contribution in [0.3, 0.4) is 0 Å². The van der Waals surface area contributed by atoms with Crippen molar-refractivity contribution in [2.24, 2.45) is 0 Å². The summed E-state index contributed by atoms with van der Waals surface area (Å²) in [6.07, 6.45) is 1.61. The van der Waals surface area contributed by atoms with Crippen molar-refractivity contribution in [3.63, 3.8) is 0 Å². The van der Waals surface area contributed by atoms with Gasteiger partial charge in [-0.25, -0.2) is 9.97 Å². The van der Waals surface area contributed by atoms with Crippen LogP contribution in [0.5, 0.6) is 0 Å². The van der Waals surface area contributed by atoms with Crippen molar-refractivity contribution in [2.45, 2.75) is 13.5 Å². The van der Waals surface area contributed by atoms with E-state index in [1.807, 2.05) is 17.9 Å². The zero-order chi connectivity index (χ0) is 21.2. The molecule has 0 unspecified atom stereocenters. The number of ether oxygens (including phenoxy) is 1. The number of carbonyl (C=O) groups excluding carboxylic acids is 1. The number of hydrogen-bond donors (Lipinski definition) is 0. The van der Waals surface area contributed by atoms with E-state index in [1.165, 1.54) is 16.9 Å². The lowest BCUT2D eigenvalue weighted by Gasteiger charge is -2.34. The number of amides is 1. The average molecular weight is 438 g/mol. The van der Waals surface area contributed by atoms with E-state index in [0.717, 1.165) is 72.3 Å². The normalized spacial score (nSPS) is 18.0. The molecule has 0 aliphatic carbocycles. The third-order valence-corrected chi connectivity index (χ3v) is 7.31. The molecule has 0 saturated carbocycles. The molecule has 0 spiro atoms. The first-order valence-corrected chi connectivity index (χ1v) is 11.6. The SMILES string of the molecule is Cc1c(C(=O)N2CCN(Cc3ccccc3)CC2)sc2ncnc(N3CCOCC3)c12. The number of hydrogen-bond acceptors (Lipinski definition) is 7. The standard InChI is InChI=1S/C23H27N5O2S/c1-17-19-21(27-11-13-30-14-12-27)24-16-25-22(19)31-20(17)23(29)28-9-7-26(8-10-28)15-18-5-3-2-4-6-18/h2-6,16H,7-15H2,1H3. The van der Waals surface area contributed by atoms with Gasteiger partial charge in [0.25, 0.3) is 5.91 Å². The van der Waals surface area contributed by atoms with Gasteiger partial charge in [-0.3, -0.25) is 9.69 Å². The second-order valence-electron chi connectivity index (χ2n) is 8.09. The molecule has 0 bridgehead atoms. The van der Waals surface area contributed by atoms with Gasteiger partial charge in [0, 0.05) is 45.8 Å². The number of nitrogens with zero attached hydrogens (tertiary/aromatic N) is 5. The highest BCUT2D eigenvalue weighted by atomic mass is 32.1. The Labute approximate surface area is 186 Å². The molecule has 2 fully saturated rings. The van der Waals surface area contributed by atoms with Crippen LogP contribution in [-0.4, -0.2) is 78.2 Å². The number of rotatable bonds is 4. The maximum atomic E-state index is 13.4. The van der Waals surface area contributed by atoms with Crippen molar-refractivity contribution in [1.82, 2.24) is 19.8 Å². The molecule has 1 aromatic carbocycles. The Bertz CT molecular complexity index is 1060. The van der Waals surface area contributed by atoms with Gasteiger partial charge in [-0.2, -0.15) is 0 Å². The molecule has 4 heterocycles. The van der Waals surface area contributed by atoms with Crippen LogP contribution in [0.25, 0.3) is 10.2 Å². The highest BCUT2D eigenvalue weighted by Gasteiger charge is 2.27. The van der Waals surface area contributed by atoms with Gasteiger partial charge in [-0.05, 0) is 18.1 Å². The van der Waals surface area contributed by atoms with E-state index in [2.05, 4.69) is 44.0 Å². The first-order chi connectivity index (χ1) is 15.2. The largest absolute Gasteiger partial charge is 0.378 e. The fourth-order valence-corrected chi connectivity index (χ4v) is 5.48. The summed E-state index contributed by atoms with van der Waals surface area (Å²) in [4.78, 5) is 30.7. The first kappa shape index (κ1) is 20.4. The van der Waals surface area contributed by atoms with Gasteiger partial charge in [0.1, 0.15) is 17.0 Å². The Hall–Kier alpha value is -2.55. The molecule has 0 N–H and O–H groups in total. The second-order valence-corrected chi connectivity index (χ2v) is 9.09. The number of piperazine rings is 1. The number of benzene rings is 1. The predicted octanol–water partition coefficient (Wildman–Crippen LogP) is 2.79. The van der Waals surface area contributed by atoms with E-state index >= 15 is 0 Å².